The summed E-state index contributed by atoms with van der Waals surface area (Å²) < 4.78 is 7.45. The lowest BCUT2D eigenvalue weighted by Gasteiger charge is -2.15. The molecule has 0 unspecified atom stereocenters. The topological polar surface area (TPSA) is 67.7 Å². The van der Waals surface area contributed by atoms with Crippen LogP contribution in [-0.2, 0) is 19.6 Å². The van der Waals surface area contributed by atoms with E-state index >= 15 is 0 Å². The zero-order valence-electron chi connectivity index (χ0n) is 18.4. The van der Waals surface area contributed by atoms with Gasteiger partial charge in [-0.15, -0.1) is 0 Å². The highest BCUT2D eigenvalue weighted by Crippen LogP contribution is 2.20. The van der Waals surface area contributed by atoms with Crippen LogP contribution >= 0.6 is 0 Å². The number of pyridine rings is 1. The summed E-state index contributed by atoms with van der Waals surface area (Å²) in [6.45, 7) is 6.53. The van der Waals surface area contributed by atoms with Gasteiger partial charge in [0.2, 0.25) is 0 Å². The minimum absolute atomic E-state index is 0.00388. The molecule has 31 heavy (non-hydrogen) atoms. The third-order valence-electron chi connectivity index (χ3n) is 4.93. The van der Waals surface area contributed by atoms with Crippen LogP contribution in [0.1, 0.15) is 29.2 Å². The van der Waals surface area contributed by atoms with E-state index in [1.54, 1.807) is 29.9 Å². The predicted molar refractivity (Wildman–Crippen MR) is 126 cm³/mol. The van der Waals surface area contributed by atoms with Gasteiger partial charge in [0.1, 0.15) is 5.75 Å². The number of guanidine groups is 1. The van der Waals surface area contributed by atoms with Gasteiger partial charge < -0.3 is 19.9 Å². The second kappa shape index (κ2) is 11.0. The van der Waals surface area contributed by atoms with Crippen LogP contribution < -0.4 is 20.9 Å². The highest BCUT2D eigenvalue weighted by atomic mass is 16.5. The molecule has 2 aromatic carbocycles. The summed E-state index contributed by atoms with van der Waals surface area (Å²) in [5.41, 5.74) is 4.50. The summed E-state index contributed by atoms with van der Waals surface area (Å²) in [6.07, 6.45) is 1.80. The van der Waals surface area contributed by atoms with Crippen molar-refractivity contribution >= 4 is 5.96 Å². The fraction of sp³-hybridized carbons (Fsp3) is 0.280. The number of nitrogens with one attached hydrogen (secondary N) is 2. The van der Waals surface area contributed by atoms with Gasteiger partial charge in [-0.3, -0.25) is 9.79 Å². The third kappa shape index (κ3) is 6.47. The van der Waals surface area contributed by atoms with Crippen LogP contribution in [0.4, 0.5) is 0 Å². The van der Waals surface area contributed by atoms with Crippen molar-refractivity contribution in [3.05, 3.63) is 99.5 Å². The Kier molecular flexibility index (Phi) is 7.87. The number of hydrogen-bond donors (Lipinski definition) is 2. The van der Waals surface area contributed by atoms with Crippen molar-refractivity contribution in [1.82, 2.24) is 15.2 Å². The normalized spacial score (nSPS) is 11.3. The molecular weight excluding hydrogens is 388 g/mol. The smallest absolute Gasteiger partial charge is 0.250 e. The van der Waals surface area contributed by atoms with E-state index < -0.39 is 0 Å². The van der Waals surface area contributed by atoms with Crippen molar-refractivity contribution < 1.29 is 4.74 Å². The number of aryl methyl sites for hydroxylation is 1. The van der Waals surface area contributed by atoms with Crippen molar-refractivity contribution in [2.24, 2.45) is 4.99 Å². The molecule has 0 fully saturated rings. The molecule has 2 N–H and O–H groups in total. The molecular formula is C25H30N4O2. The number of aliphatic imine (C=N–C) groups is 1. The standard InChI is InChI=1S/C25H30N4O2/c1-4-31-23-15-19(2)8-13-22(23)17-28-25(26-3)27-16-20-9-11-21(12-10-20)18-29-14-6-5-7-24(29)30/h5-15H,4,16-18H2,1-3H3,(H2,26,27,28). The summed E-state index contributed by atoms with van der Waals surface area (Å²) in [5, 5.41) is 6.69. The summed E-state index contributed by atoms with van der Waals surface area (Å²) >= 11 is 0. The van der Waals surface area contributed by atoms with Gasteiger partial charge in [-0.05, 0) is 42.7 Å². The van der Waals surface area contributed by atoms with Crippen molar-refractivity contribution in [3.8, 4) is 5.75 Å². The fourth-order valence-corrected chi connectivity index (χ4v) is 3.23. The van der Waals surface area contributed by atoms with Crippen molar-refractivity contribution in [2.75, 3.05) is 13.7 Å². The van der Waals surface area contributed by atoms with E-state index in [1.807, 2.05) is 25.1 Å². The van der Waals surface area contributed by atoms with Crippen molar-refractivity contribution in [2.45, 2.75) is 33.5 Å². The SMILES string of the molecule is CCOc1cc(C)ccc1CNC(=NC)NCc1ccc(Cn2ccccc2=O)cc1. The van der Waals surface area contributed by atoms with Gasteiger partial charge >= 0.3 is 0 Å². The van der Waals surface area contributed by atoms with Gasteiger partial charge in [0.15, 0.2) is 5.96 Å². The molecule has 3 aromatic rings. The molecule has 0 bridgehead atoms. The maximum atomic E-state index is 11.9. The Morgan fingerprint density at radius 2 is 1.74 bits per heavy atom. The minimum atomic E-state index is 0.00388. The lowest BCUT2D eigenvalue weighted by molar-refractivity contribution is 0.336. The molecule has 0 aliphatic heterocycles. The maximum Gasteiger partial charge on any atom is 0.250 e. The number of ether oxygens (including phenoxy) is 1. The average molecular weight is 419 g/mol. The van der Waals surface area contributed by atoms with E-state index in [0.29, 0.717) is 26.2 Å². The number of rotatable bonds is 8. The van der Waals surface area contributed by atoms with E-state index in [4.69, 9.17) is 4.74 Å². The minimum Gasteiger partial charge on any atom is -0.494 e. The molecule has 6 heteroatoms. The summed E-state index contributed by atoms with van der Waals surface area (Å²) in [5.74, 6) is 1.63. The molecule has 0 saturated heterocycles. The Balaban J connectivity index is 1.54. The molecule has 0 atom stereocenters. The van der Waals surface area contributed by atoms with Gasteiger partial charge in [0.05, 0.1) is 13.2 Å². The van der Waals surface area contributed by atoms with E-state index in [1.165, 1.54) is 5.56 Å². The first kappa shape index (κ1) is 22.2. The van der Waals surface area contributed by atoms with Gasteiger partial charge in [0, 0.05) is 38.0 Å². The first-order valence-electron chi connectivity index (χ1n) is 10.5. The lowest BCUT2D eigenvalue weighted by Crippen LogP contribution is -2.36. The summed E-state index contributed by atoms with van der Waals surface area (Å²) in [7, 11) is 1.76. The quantitative estimate of drug-likeness (QED) is 0.434. The van der Waals surface area contributed by atoms with Crippen molar-refractivity contribution in [1.29, 1.82) is 0 Å². The van der Waals surface area contributed by atoms with Crippen LogP contribution in [-0.4, -0.2) is 24.2 Å². The van der Waals surface area contributed by atoms with Crippen LogP contribution in [0.3, 0.4) is 0 Å². The number of hydrogen-bond acceptors (Lipinski definition) is 3. The molecule has 1 heterocycles. The highest BCUT2D eigenvalue weighted by molar-refractivity contribution is 5.79. The van der Waals surface area contributed by atoms with Gasteiger partial charge in [-0.1, -0.05) is 42.5 Å². The van der Waals surface area contributed by atoms with Gasteiger partial charge in [0.25, 0.3) is 5.56 Å². The second-order valence-corrected chi connectivity index (χ2v) is 7.31. The van der Waals surface area contributed by atoms with E-state index in [-0.39, 0.29) is 5.56 Å². The number of aromatic nitrogens is 1. The monoisotopic (exact) mass is 418 g/mol. The van der Waals surface area contributed by atoms with Crippen LogP contribution in [0, 0.1) is 6.92 Å². The first-order valence-corrected chi connectivity index (χ1v) is 10.5. The fourth-order valence-electron chi connectivity index (χ4n) is 3.23. The molecule has 0 aliphatic carbocycles. The van der Waals surface area contributed by atoms with Gasteiger partial charge in [-0.2, -0.15) is 0 Å². The Bertz CT molecular complexity index is 1070. The molecule has 0 radical (unpaired) electrons. The lowest BCUT2D eigenvalue weighted by atomic mass is 10.1. The zero-order valence-corrected chi connectivity index (χ0v) is 18.4. The Morgan fingerprint density at radius 3 is 2.45 bits per heavy atom. The molecule has 1 aromatic heterocycles. The van der Waals surface area contributed by atoms with Gasteiger partial charge in [-0.25, -0.2) is 0 Å². The summed E-state index contributed by atoms with van der Waals surface area (Å²) in [4.78, 5) is 16.2. The molecule has 162 valence electrons. The third-order valence-corrected chi connectivity index (χ3v) is 4.93. The zero-order chi connectivity index (χ0) is 22.1. The number of benzene rings is 2. The predicted octanol–water partition coefficient (Wildman–Crippen LogP) is 3.47. The Labute approximate surface area is 183 Å². The van der Waals surface area contributed by atoms with Crippen molar-refractivity contribution in [3.63, 3.8) is 0 Å². The molecule has 6 nitrogen and oxygen atoms in total. The molecule has 0 amide bonds. The summed E-state index contributed by atoms with van der Waals surface area (Å²) in [6, 6.07) is 19.6. The van der Waals surface area contributed by atoms with E-state index in [2.05, 4.69) is 52.9 Å². The molecule has 3 rings (SSSR count). The number of nitrogens with zero attached hydrogens (tertiary/aromatic N) is 2. The Hall–Kier alpha value is -3.54. The van der Waals surface area contributed by atoms with Crippen LogP contribution in [0.25, 0.3) is 0 Å². The van der Waals surface area contributed by atoms with Crippen LogP contribution in [0.5, 0.6) is 5.75 Å². The van der Waals surface area contributed by atoms with E-state index in [0.717, 1.165) is 28.4 Å². The first-order chi connectivity index (χ1) is 15.1. The van der Waals surface area contributed by atoms with E-state index in [9.17, 15) is 4.79 Å². The second-order valence-electron chi connectivity index (χ2n) is 7.31. The molecule has 0 spiro atoms. The average Bonchev–Trinajstić information content (AvgIpc) is 2.78. The maximum absolute atomic E-state index is 11.9. The van der Waals surface area contributed by atoms with Crippen LogP contribution in [0.2, 0.25) is 0 Å². The Morgan fingerprint density at radius 1 is 1.00 bits per heavy atom. The highest BCUT2D eigenvalue weighted by Gasteiger charge is 2.06. The largest absolute Gasteiger partial charge is 0.494 e. The molecule has 0 saturated carbocycles. The molecule has 0 aliphatic rings. The van der Waals surface area contributed by atoms with Crippen LogP contribution in [0.15, 0.2) is 76.6 Å².